The first-order valence-corrected chi connectivity index (χ1v) is 9.31. The van der Waals surface area contributed by atoms with Gasteiger partial charge in [-0.15, -0.1) is 0 Å². The van der Waals surface area contributed by atoms with Crippen LogP contribution >= 0.6 is 0 Å². The highest BCUT2D eigenvalue weighted by atomic mass is 16.4. The Kier molecular flexibility index (Phi) is 3.01. The van der Waals surface area contributed by atoms with Crippen LogP contribution < -0.4 is 0 Å². The van der Waals surface area contributed by atoms with Crippen molar-refractivity contribution < 1.29 is 15.0 Å². The first-order valence-electron chi connectivity index (χ1n) is 9.31. The van der Waals surface area contributed by atoms with Crippen molar-refractivity contribution in [1.29, 1.82) is 0 Å². The van der Waals surface area contributed by atoms with Crippen molar-refractivity contribution >= 4 is 5.97 Å². The van der Waals surface area contributed by atoms with E-state index in [1.54, 1.807) is 0 Å². The van der Waals surface area contributed by atoms with Gasteiger partial charge in [0, 0.05) is 0 Å². The molecule has 0 aromatic carbocycles. The van der Waals surface area contributed by atoms with Crippen LogP contribution in [-0.4, -0.2) is 21.8 Å². The van der Waals surface area contributed by atoms with Gasteiger partial charge in [-0.25, -0.2) is 0 Å². The van der Waals surface area contributed by atoms with Gasteiger partial charge in [-0.3, -0.25) is 4.79 Å². The molecule has 0 heterocycles. The minimum absolute atomic E-state index is 0.00896. The van der Waals surface area contributed by atoms with Crippen molar-refractivity contribution in [1.82, 2.24) is 0 Å². The highest BCUT2D eigenvalue weighted by molar-refractivity contribution is 5.75. The number of carbonyl (C=O) groups is 1. The molecule has 23 heavy (non-hydrogen) atoms. The molecule has 1 spiro atoms. The van der Waals surface area contributed by atoms with Crippen molar-refractivity contribution in [2.24, 2.45) is 28.1 Å². The van der Waals surface area contributed by atoms with Crippen LogP contribution in [0.2, 0.25) is 0 Å². The summed E-state index contributed by atoms with van der Waals surface area (Å²) in [4.78, 5) is 12.0. The molecule has 3 saturated carbocycles. The Labute approximate surface area is 139 Å². The average molecular weight is 318 g/mol. The van der Waals surface area contributed by atoms with Gasteiger partial charge >= 0.3 is 5.97 Å². The maximum Gasteiger partial charge on any atom is 0.309 e. The Balaban J connectivity index is 1.78. The van der Waals surface area contributed by atoms with Crippen LogP contribution in [0.5, 0.6) is 0 Å². The quantitative estimate of drug-likeness (QED) is 0.714. The Morgan fingerprint density at radius 2 is 1.96 bits per heavy atom. The molecule has 0 radical (unpaired) electrons. The highest BCUT2D eigenvalue weighted by Crippen LogP contribution is 2.71. The van der Waals surface area contributed by atoms with Crippen molar-refractivity contribution in [2.75, 3.05) is 0 Å². The van der Waals surface area contributed by atoms with Crippen LogP contribution in [0.15, 0.2) is 11.6 Å². The van der Waals surface area contributed by atoms with Crippen molar-refractivity contribution in [3.05, 3.63) is 11.6 Å². The summed E-state index contributed by atoms with van der Waals surface area (Å²) < 4.78 is 0. The molecule has 4 aliphatic rings. The lowest BCUT2D eigenvalue weighted by molar-refractivity contribution is -0.161. The summed E-state index contributed by atoms with van der Waals surface area (Å²) in [5.74, 6) is 0.0122. The SMILES string of the molecule is CC1(O)CC23CCC4C(C)(C(=O)O)CCCC4(C)C2=CCC1C3. The van der Waals surface area contributed by atoms with E-state index >= 15 is 0 Å². The fourth-order valence-electron chi connectivity index (χ4n) is 7.29. The Bertz CT molecular complexity index is 592. The average Bonchev–Trinajstić information content (AvgIpc) is 2.63. The number of carboxylic acid groups (broad SMARTS) is 1. The Hall–Kier alpha value is -0.830. The molecule has 128 valence electrons. The topological polar surface area (TPSA) is 57.5 Å². The standard InChI is InChI=1S/C20H30O3/c1-17-8-4-9-18(2,16(21)22)14(17)7-10-20-11-13(5-6-15(17)20)19(3,23)12-20/h6,13-14,23H,4-5,7-12H2,1-3H3,(H,21,22). The second-order valence-electron chi connectivity index (χ2n) is 9.65. The predicted octanol–water partition coefficient (Wildman–Crippen LogP) is 4.16. The van der Waals surface area contributed by atoms with Crippen LogP contribution in [0.25, 0.3) is 0 Å². The summed E-state index contributed by atoms with van der Waals surface area (Å²) in [5.41, 5.74) is 0.533. The van der Waals surface area contributed by atoms with E-state index in [9.17, 15) is 15.0 Å². The number of hydrogen-bond donors (Lipinski definition) is 2. The van der Waals surface area contributed by atoms with Gasteiger partial charge in [0.2, 0.25) is 0 Å². The van der Waals surface area contributed by atoms with Gasteiger partial charge < -0.3 is 10.2 Å². The summed E-state index contributed by atoms with van der Waals surface area (Å²) in [5, 5.41) is 20.7. The van der Waals surface area contributed by atoms with Crippen molar-refractivity contribution in [3.63, 3.8) is 0 Å². The number of rotatable bonds is 1. The fourth-order valence-corrected chi connectivity index (χ4v) is 7.29. The summed E-state index contributed by atoms with van der Waals surface area (Å²) in [7, 11) is 0. The first kappa shape index (κ1) is 15.7. The maximum atomic E-state index is 12.0. The molecule has 3 heteroatoms. The minimum Gasteiger partial charge on any atom is -0.481 e. The van der Waals surface area contributed by atoms with Gasteiger partial charge in [-0.2, -0.15) is 0 Å². The summed E-state index contributed by atoms with van der Waals surface area (Å²) in [6, 6.07) is 0. The molecule has 3 fully saturated rings. The fraction of sp³-hybridized carbons (Fsp3) is 0.850. The van der Waals surface area contributed by atoms with Crippen LogP contribution in [0.3, 0.4) is 0 Å². The van der Waals surface area contributed by atoms with Crippen LogP contribution in [0, 0.1) is 28.1 Å². The van der Waals surface area contributed by atoms with E-state index in [0.717, 1.165) is 51.4 Å². The lowest BCUT2D eigenvalue weighted by Crippen LogP contribution is -2.54. The number of carboxylic acids is 1. The molecular formula is C20H30O3. The summed E-state index contributed by atoms with van der Waals surface area (Å²) in [6.07, 6.45) is 10.4. The zero-order chi connectivity index (χ0) is 16.7. The summed E-state index contributed by atoms with van der Waals surface area (Å²) >= 11 is 0. The van der Waals surface area contributed by atoms with E-state index in [0.29, 0.717) is 5.92 Å². The second-order valence-corrected chi connectivity index (χ2v) is 9.65. The molecular weight excluding hydrogens is 288 g/mol. The zero-order valence-corrected chi connectivity index (χ0v) is 14.7. The highest BCUT2D eigenvalue weighted by Gasteiger charge is 2.64. The third kappa shape index (κ3) is 1.83. The molecule has 2 bridgehead atoms. The first-order chi connectivity index (χ1) is 10.6. The molecule has 0 aromatic heterocycles. The molecule has 0 saturated heterocycles. The van der Waals surface area contributed by atoms with Gasteiger partial charge in [0.05, 0.1) is 11.0 Å². The lowest BCUT2D eigenvalue weighted by Gasteiger charge is -2.60. The normalized spacial score (nSPS) is 54.9. The molecule has 6 unspecified atom stereocenters. The number of hydrogen-bond acceptors (Lipinski definition) is 2. The van der Waals surface area contributed by atoms with E-state index in [1.165, 1.54) is 5.57 Å². The smallest absolute Gasteiger partial charge is 0.309 e. The van der Waals surface area contributed by atoms with E-state index in [-0.39, 0.29) is 16.7 Å². The monoisotopic (exact) mass is 318 g/mol. The molecule has 0 aliphatic heterocycles. The van der Waals surface area contributed by atoms with Gasteiger partial charge in [-0.1, -0.05) is 25.0 Å². The Morgan fingerprint density at radius 3 is 2.65 bits per heavy atom. The van der Waals surface area contributed by atoms with Gasteiger partial charge in [0.15, 0.2) is 0 Å². The summed E-state index contributed by atoms with van der Waals surface area (Å²) in [6.45, 7) is 6.32. The third-order valence-corrected chi connectivity index (χ3v) is 8.34. The van der Waals surface area contributed by atoms with Crippen LogP contribution in [0.4, 0.5) is 0 Å². The van der Waals surface area contributed by atoms with Gasteiger partial charge in [0.25, 0.3) is 0 Å². The number of aliphatic carboxylic acids is 1. The lowest BCUT2D eigenvalue weighted by atomic mass is 9.44. The van der Waals surface area contributed by atoms with E-state index < -0.39 is 17.0 Å². The molecule has 6 atom stereocenters. The molecule has 0 aromatic rings. The maximum absolute atomic E-state index is 12.0. The largest absolute Gasteiger partial charge is 0.481 e. The van der Waals surface area contributed by atoms with E-state index in [1.807, 2.05) is 13.8 Å². The van der Waals surface area contributed by atoms with Crippen molar-refractivity contribution in [2.45, 2.75) is 77.7 Å². The predicted molar refractivity (Wildman–Crippen MR) is 88.9 cm³/mol. The molecule has 4 aliphatic carbocycles. The van der Waals surface area contributed by atoms with E-state index in [4.69, 9.17) is 0 Å². The minimum atomic E-state index is -0.614. The second kappa shape index (κ2) is 4.41. The third-order valence-electron chi connectivity index (χ3n) is 8.34. The molecule has 4 rings (SSSR count). The van der Waals surface area contributed by atoms with Crippen LogP contribution in [0.1, 0.15) is 72.1 Å². The van der Waals surface area contributed by atoms with E-state index in [2.05, 4.69) is 13.0 Å². The molecule has 0 amide bonds. The van der Waals surface area contributed by atoms with Gasteiger partial charge in [0.1, 0.15) is 0 Å². The zero-order valence-electron chi connectivity index (χ0n) is 14.7. The van der Waals surface area contributed by atoms with Gasteiger partial charge in [-0.05, 0) is 81.5 Å². The van der Waals surface area contributed by atoms with Crippen molar-refractivity contribution in [3.8, 4) is 0 Å². The Morgan fingerprint density at radius 1 is 1.22 bits per heavy atom. The molecule has 2 N–H and O–H groups in total. The number of allylic oxidation sites excluding steroid dienone is 2. The molecule has 3 nitrogen and oxygen atoms in total. The number of fused-ring (bicyclic) bond motifs is 3. The number of aliphatic hydroxyl groups is 1. The van der Waals surface area contributed by atoms with Crippen LogP contribution in [-0.2, 0) is 4.79 Å².